The van der Waals surface area contributed by atoms with Gasteiger partial charge in [-0.15, -0.1) is 0 Å². The second-order valence-corrected chi connectivity index (χ2v) is 4.21. The van der Waals surface area contributed by atoms with Crippen molar-refractivity contribution in [2.24, 2.45) is 0 Å². The van der Waals surface area contributed by atoms with E-state index in [-0.39, 0.29) is 12.5 Å². The summed E-state index contributed by atoms with van der Waals surface area (Å²) < 4.78 is 2.97. The summed E-state index contributed by atoms with van der Waals surface area (Å²) in [5.74, 6) is -1.31. The Balaban J connectivity index is 1.91. The third-order valence-electron chi connectivity index (χ3n) is 2.66. The molecule has 8 heteroatoms. The van der Waals surface area contributed by atoms with Crippen LogP contribution in [-0.4, -0.2) is 36.5 Å². The van der Waals surface area contributed by atoms with E-state index in [9.17, 15) is 9.59 Å². The number of hydrogen-bond acceptors (Lipinski definition) is 4. The number of amides is 1. The lowest BCUT2D eigenvalue weighted by atomic mass is 10.3. The van der Waals surface area contributed by atoms with Crippen LogP contribution in [0.4, 0.5) is 0 Å². The van der Waals surface area contributed by atoms with Gasteiger partial charge >= 0.3 is 5.97 Å². The first-order chi connectivity index (χ1) is 9.58. The van der Waals surface area contributed by atoms with E-state index < -0.39 is 5.97 Å². The Labute approximate surface area is 115 Å². The largest absolute Gasteiger partial charge is 0.480 e. The zero-order valence-electron chi connectivity index (χ0n) is 11.0. The van der Waals surface area contributed by atoms with Crippen LogP contribution >= 0.6 is 0 Å². The number of carbonyl (C=O) groups is 2. The number of aryl methyl sites for hydroxylation is 1. The van der Waals surface area contributed by atoms with Gasteiger partial charge < -0.3 is 10.4 Å². The third-order valence-corrected chi connectivity index (χ3v) is 2.66. The van der Waals surface area contributed by atoms with Crippen molar-refractivity contribution in [3.63, 3.8) is 0 Å². The highest BCUT2D eigenvalue weighted by atomic mass is 16.4. The maximum atomic E-state index is 11.9. The molecular formula is C12H15N5O3. The number of rotatable bonds is 6. The second-order valence-electron chi connectivity index (χ2n) is 4.21. The highest BCUT2D eigenvalue weighted by Crippen LogP contribution is 2.01. The number of nitrogens with zero attached hydrogens (tertiary/aromatic N) is 4. The standard InChI is InChI=1S/C12H15N5O3/c1-2-16-6-9(4-14-16)3-13-12(20)10-5-15-17(7-10)8-11(18)19/h4-7H,2-3,8H2,1H3,(H,13,20)(H,18,19). The topological polar surface area (TPSA) is 102 Å². The van der Waals surface area contributed by atoms with E-state index in [2.05, 4.69) is 15.5 Å². The minimum atomic E-state index is -1.01. The number of carboxylic acid groups (broad SMARTS) is 1. The molecule has 0 fully saturated rings. The fourth-order valence-corrected chi connectivity index (χ4v) is 1.66. The molecule has 20 heavy (non-hydrogen) atoms. The van der Waals surface area contributed by atoms with Crippen LogP contribution in [0.1, 0.15) is 22.8 Å². The van der Waals surface area contributed by atoms with Crippen molar-refractivity contribution in [1.29, 1.82) is 0 Å². The minimum absolute atomic E-state index is 0.267. The molecular weight excluding hydrogens is 262 g/mol. The van der Waals surface area contributed by atoms with E-state index in [1.807, 2.05) is 13.1 Å². The van der Waals surface area contributed by atoms with E-state index in [4.69, 9.17) is 5.11 Å². The first kappa shape index (κ1) is 13.8. The van der Waals surface area contributed by atoms with E-state index in [0.29, 0.717) is 12.1 Å². The van der Waals surface area contributed by atoms with Crippen LogP contribution in [-0.2, 0) is 24.4 Å². The van der Waals surface area contributed by atoms with Crippen molar-refractivity contribution >= 4 is 11.9 Å². The maximum absolute atomic E-state index is 11.9. The molecule has 2 heterocycles. The van der Waals surface area contributed by atoms with Gasteiger partial charge in [0, 0.05) is 31.0 Å². The number of aliphatic carboxylic acids is 1. The van der Waals surface area contributed by atoms with Gasteiger partial charge in [0.1, 0.15) is 6.54 Å². The Morgan fingerprint density at radius 1 is 1.25 bits per heavy atom. The Morgan fingerprint density at radius 3 is 2.65 bits per heavy atom. The fourth-order valence-electron chi connectivity index (χ4n) is 1.66. The summed E-state index contributed by atoms with van der Waals surface area (Å²) in [6.07, 6.45) is 6.29. The van der Waals surface area contributed by atoms with Gasteiger partial charge in [-0.1, -0.05) is 0 Å². The van der Waals surface area contributed by atoms with E-state index >= 15 is 0 Å². The lowest BCUT2D eigenvalue weighted by molar-refractivity contribution is -0.137. The lowest BCUT2D eigenvalue weighted by Gasteiger charge is -2.00. The van der Waals surface area contributed by atoms with Crippen LogP contribution in [0, 0.1) is 0 Å². The number of carbonyl (C=O) groups excluding carboxylic acids is 1. The molecule has 0 aliphatic rings. The van der Waals surface area contributed by atoms with Gasteiger partial charge in [-0.3, -0.25) is 19.0 Å². The molecule has 106 valence electrons. The van der Waals surface area contributed by atoms with Crippen molar-refractivity contribution in [3.8, 4) is 0 Å². The Hall–Kier alpha value is -2.64. The van der Waals surface area contributed by atoms with Crippen molar-refractivity contribution in [2.45, 2.75) is 26.6 Å². The summed E-state index contributed by atoms with van der Waals surface area (Å²) >= 11 is 0. The van der Waals surface area contributed by atoms with E-state index in [1.165, 1.54) is 17.1 Å². The first-order valence-corrected chi connectivity index (χ1v) is 6.12. The molecule has 0 aliphatic carbocycles. The van der Waals surface area contributed by atoms with Crippen molar-refractivity contribution in [1.82, 2.24) is 24.9 Å². The average molecular weight is 277 g/mol. The van der Waals surface area contributed by atoms with Gasteiger partial charge in [-0.05, 0) is 6.92 Å². The molecule has 0 spiro atoms. The van der Waals surface area contributed by atoms with Crippen LogP contribution in [0.3, 0.4) is 0 Å². The average Bonchev–Trinajstić information content (AvgIpc) is 3.04. The van der Waals surface area contributed by atoms with Gasteiger partial charge in [0.2, 0.25) is 0 Å². The molecule has 8 nitrogen and oxygen atoms in total. The molecule has 1 amide bonds. The SMILES string of the molecule is CCn1cc(CNC(=O)c2cnn(CC(=O)O)c2)cn1. The molecule has 2 aromatic rings. The fraction of sp³-hybridized carbons (Fsp3) is 0.333. The zero-order chi connectivity index (χ0) is 14.5. The van der Waals surface area contributed by atoms with Crippen LogP contribution < -0.4 is 5.32 Å². The lowest BCUT2D eigenvalue weighted by Crippen LogP contribution is -2.22. The summed E-state index contributed by atoms with van der Waals surface area (Å²) in [6.45, 7) is 2.85. The Bertz CT molecular complexity index is 616. The molecule has 0 radical (unpaired) electrons. The zero-order valence-corrected chi connectivity index (χ0v) is 11.0. The van der Waals surface area contributed by atoms with Crippen LogP contribution in [0.2, 0.25) is 0 Å². The van der Waals surface area contributed by atoms with Crippen molar-refractivity contribution in [3.05, 3.63) is 35.9 Å². The molecule has 0 bridgehead atoms. The summed E-state index contributed by atoms with van der Waals surface area (Å²) in [7, 11) is 0. The molecule has 0 saturated carbocycles. The first-order valence-electron chi connectivity index (χ1n) is 6.12. The second kappa shape index (κ2) is 6.00. The summed E-state index contributed by atoms with van der Waals surface area (Å²) in [5, 5.41) is 19.3. The molecule has 2 N–H and O–H groups in total. The van der Waals surface area contributed by atoms with Gasteiger partial charge in [-0.25, -0.2) is 0 Å². The summed E-state index contributed by atoms with van der Waals surface area (Å²) in [6, 6.07) is 0. The van der Waals surface area contributed by atoms with Gasteiger partial charge in [0.25, 0.3) is 5.91 Å². The Morgan fingerprint density at radius 2 is 2.00 bits per heavy atom. The minimum Gasteiger partial charge on any atom is -0.480 e. The molecule has 0 saturated heterocycles. The highest BCUT2D eigenvalue weighted by molar-refractivity contribution is 5.93. The van der Waals surface area contributed by atoms with Crippen LogP contribution in [0.5, 0.6) is 0 Å². The number of hydrogen-bond donors (Lipinski definition) is 2. The number of aromatic nitrogens is 4. The van der Waals surface area contributed by atoms with Crippen molar-refractivity contribution in [2.75, 3.05) is 0 Å². The highest BCUT2D eigenvalue weighted by Gasteiger charge is 2.10. The van der Waals surface area contributed by atoms with Crippen LogP contribution in [0.15, 0.2) is 24.8 Å². The van der Waals surface area contributed by atoms with Gasteiger partial charge in [-0.2, -0.15) is 10.2 Å². The maximum Gasteiger partial charge on any atom is 0.325 e. The number of nitrogens with one attached hydrogen (secondary N) is 1. The third kappa shape index (κ3) is 3.44. The van der Waals surface area contributed by atoms with Gasteiger partial charge in [0.15, 0.2) is 0 Å². The predicted molar refractivity (Wildman–Crippen MR) is 68.9 cm³/mol. The summed E-state index contributed by atoms with van der Waals surface area (Å²) in [4.78, 5) is 22.4. The van der Waals surface area contributed by atoms with Crippen molar-refractivity contribution < 1.29 is 14.7 Å². The molecule has 0 aliphatic heterocycles. The monoisotopic (exact) mass is 277 g/mol. The predicted octanol–water partition coefficient (Wildman–Crippen LogP) is 0.114. The quantitative estimate of drug-likeness (QED) is 0.780. The van der Waals surface area contributed by atoms with Crippen LogP contribution in [0.25, 0.3) is 0 Å². The van der Waals surface area contributed by atoms with E-state index in [1.54, 1.807) is 10.9 Å². The summed E-state index contributed by atoms with van der Waals surface area (Å²) in [5.41, 5.74) is 1.23. The molecule has 2 aromatic heterocycles. The molecule has 0 aromatic carbocycles. The normalized spacial score (nSPS) is 10.4. The molecule has 0 atom stereocenters. The smallest absolute Gasteiger partial charge is 0.325 e. The molecule has 2 rings (SSSR count). The van der Waals surface area contributed by atoms with Gasteiger partial charge in [0.05, 0.1) is 18.0 Å². The Kier molecular flexibility index (Phi) is 4.14. The van der Waals surface area contributed by atoms with E-state index in [0.717, 1.165) is 12.1 Å². The number of carboxylic acids is 1. The molecule has 0 unspecified atom stereocenters.